The molecule has 0 bridgehead atoms. The summed E-state index contributed by atoms with van der Waals surface area (Å²) in [5.41, 5.74) is 4.12. The molecule has 1 amide bonds. The first-order valence-corrected chi connectivity index (χ1v) is 12.8. The second-order valence-electron chi connectivity index (χ2n) is 9.26. The highest BCUT2D eigenvalue weighted by Gasteiger charge is 2.27. The van der Waals surface area contributed by atoms with Crippen LogP contribution in [-0.2, 0) is 11.3 Å². The number of hydrogen-bond donors (Lipinski definition) is 1. The molecule has 194 valence electrons. The maximum absolute atomic E-state index is 14.5. The number of nitrogens with one attached hydrogen (secondary N) is 1. The number of pyridine rings is 1. The van der Waals surface area contributed by atoms with E-state index in [0.717, 1.165) is 18.7 Å². The topological polar surface area (TPSA) is 76.7 Å². The minimum atomic E-state index is -0.552. The first-order chi connectivity index (χ1) is 18.5. The lowest BCUT2D eigenvalue weighted by Gasteiger charge is -2.33. The molecule has 5 aromatic rings. The molecule has 1 unspecified atom stereocenters. The predicted molar refractivity (Wildman–Crippen MR) is 142 cm³/mol. The number of hydrogen-bond acceptors (Lipinski definition) is 6. The second kappa shape index (κ2) is 10.2. The van der Waals surface area contributed by atoms with Crippen LogP contribution in [0.2, 0.25) is 0 Å². The first-order valence-electron chi connectivity index (χ1n) is 12.1. The number of ether oxygens (including phenoxy) is 1. The molecule has 0 saturated carbocycles. The molecule has 11 heteroatoms. The molecular formula is C27H24F2N6O2S. The van der Waals surface area contributed by atoms with Crippen molar-refractivity contribution in [2.75, 3.05) is 25.0 Å². The average Bonchev–Trinajstić information content (AvgIpc) is 3.52. The van der Waals surface area contributed by atoms with Gasteiger partial charge in [-0.25, -0.2) is 18.3 Å². The average molecular weight is 535 g/mol. The normalized spacial score (nSPS) is 16.3. The third kappa shape index (κ3) is 4.64. The van der Waals surface area contributed by atoms with E-state index in [1.54, 1.807) is 31.5 Å². The molecule has 4 heterocycles. The van der Waals surface area contributed by atoms with Gasteiger partial charge in [0.2, 0.25) is 0 Å². The predicted octanol–water partition coefficient (Wildman–Crippen LogP) is 5.34. The van der Waals surface area contributed by atoms with Gasteiger partial charge in [-0.3, -0.25) is 9.69 Å². The van der Waals surface area contributed by atoms with Gasteiger partial charge in [0.1, 0.15) is 11.8 Å². The molecule has 2 aromatic carbocycles. The summed E-state index contributed by atoms with van der Waals surface area (Å²) in [7, 11) is 0. The van der Waals surface area contributed by atoms with Crippen LogP contribution >= 0.6 is 12.3 Å². The minimum absolute atomic E-state index is 0.0101. The number of amides is 1. The number of rotatable bonds is 6. The van der Waals surface area contributed by atoms with Gasteiger partial charge < -0.3 is 14.5 Å². The number of morpholine rings is 1. The van der Waals surface area contributed by atoms with Crippen molar-refractivity contribution in [2.45, 2.75) is 19.6 Å². The van der Waals surface area contributed by atoms with E-state index < -0.39 is 11.7 Å². The summed E-state index contributed by atoms with van der Waals surface area (Å²) < 4.78 is 37.4. The Morgan fingerprint density at radius 2 is 2.05 bits per heavy atom. The molecule has 6 rings (SSSR count). The van der Waals surface area contributed by atoms with Gasteiger partial charge in [-0.1, -0.05) is 36.4 Å². The Morgan fingerprint density at radius 1 is 1.21 bits per heavy atom. The number of carbonyl (C=O) groups is 1. The lowest BCUT2D eigenvalue weighted by molar-refractivity contribution is -0.0323. The van der Waals surface area contributed by atoms with E-state index in [1.165, 1.54) is 26.3 Å². The molecule has 0 spiro atoms. The van der Waals surface area contributed by atoms with Gasteiger partial charge in [0.05, 0.1) is 35.2 Å². The van der Waals surface area contributed by atoms with Gasteiger partial charge in [-0.05, 0) is 18.6 Å². The molecule has 1 fully saturated rings. The van der Waals surface area contributed by atoms with Gasteiger partial charge in [0, 0.05) is 43.7 Å². The number of benzene rings is 2. The molecule has 3 aromatic heterocycles. The van der Waals surface area contributed by atoms with E-state index >= 15 is 0 Å². The van der Waals surface area contributed by atoms with Gasteiger partial charge in [-0.2, -0.15) is 0 Å². The summed E-state index contributed by atoms with van der Waals surface area (Å²) in [6, 6.07) is 14.8. The number of aryl methyl sites for hydroxylation is 1. The monoisotopic (exact) mass is 534 g/mol. The van der Waals surface area contributed by atoms with Crippen molar-refractivity contribution in [3.63, 3.8) is 0 Å². The molecule has 0 aliphatic carbocycles. The Bertz CT molecular complexity index is 1640. The summed E-state index contributed by atoms with van der Waals surface area (Å²) in [5, 5.41) is 2.74. The highest BCUT2D eigenvalue weighted by atomic mass is 32.2. The van der Waals surface area contributed by atoms with Crippen LogP contribution in [0.15, 0.2) is 67.3 Å². The van der Waals surface area contributed by atoms with Gasteiger partial charge in [-0.15, -0.1) is 3.89 Å². The molecular weight excluding hydrogens is 510 g/mol. The number of nitrogens with zero attached hydrogens (tertiary/aromatic N) is 5. The van der Waals surface area contributed by atoms with E-state index in [-0.39, 0.29) is 35.3 Å². The van der Waals surface area contributed by atoms with Crippen LogP contribution in [0.4, 0.5) is 14.0 Å². The maximum atomic E-state index is 14.5. The molecule has 1 N–H and O–H groups in total. The quantitative estimate of drug-likeness (QED) is 0.317. The summed E-state index contributed by atoms with van der Waals surface area (Å²) in [6.07, 6.45) is 4.29. The van der Waals surface area contributed by atoms with Crippen LogP contribution in [0.25, 0.3) is 16.7 Å². The summed E-state index contributed by atoms with van der Waals surface area (Å²) >= 11 is 0.0101. The third-order valence-electron chi connectivity index (χ3n) is 6.64. The summed E-state index contributed by atoms with van der Waals surface area (Å²) in [4.78, 5) is 24.1. The Labute approximate surface area is 221 Å². The molecule has 1 atom stereocenters. The molecule has 38 heavy (non-hydrogen) atoms. The minimum Gasteiger partial charge on any atom is -0.371 e. The molecule has 1 saturated heterocycles. The number of anilines is 1. The third-order valence-corrected chi connectivity index (χ3v) is 7.07. The maximum Gasteiger partial charge on any atom is 0.257 e. The van der Waals surface area contributed by atoms with Crippen molar-refractivity contribution < 1.29 is 17.8 Å². The van der Waals surface area contributed by atoms with Crippen LogP contribution in [0, 0.1) is 12.7 Å². The SMILES string of the molecule is Cc1cn2cc(NC(=O)c3ccc(C4CN(Cc5ccccc5)CCO4)c4c3ncn4SF)cc(F)c2n1. The van der Waals surface area contributed by atoms with Crippen LogP contribution < -0.4 is 5.32 Å². The highest BCUT2D eigenvalue weighted by molar-refractivity contribution is 7.92. The van der Waals surface area contributed by atoms with E-state index in [0.29, 0.717) is 29.9 Å². The van der Waals surface area contributed by atoms with Crippen molar-refractivity contribution in [1.82, 2.24) is 23.2 Å². The largest absolute Gasteiger partial charge is 0.371 e. The van der Waals surface area contributed by atoms with Crippen molar-refractivity contribution in [1.29, 1.82) is 0 Å². The van der Waals surface area contributed by atoms with Crippen LogP contribution in [0.1, 0.15) is 33.3 Å². The van der Waals surface area contributed by atoms with E-state index in [9.17, 15) is 13.1 Å². The highest BCUT2D eigenvalue weighted by Crippen LogP contribution is 2.33. The van der Waals surface area contributed by atoms with Gasteiger partial charge in [0.25, 0.3) is 5.91 Å². The first kappa shape index (κ1) is 24.5. The lowest BCUT2D eigenvalue weighted by Crippen LogP contribution is -2.38. The van der Waals surface area contributed by atoms with Crippen molar-refractivity contribution >= 4 is 40.6 Å². The summed E-state index contributed by atoms with van der Waals surface area (Å²) in [5.74, 6) is -1.04. The fourth-order valence-corrected chi connectivity index (χ4v) is 5.29. The Hall–Kier alpha value is -3.80. The van der Waals surface area contributed by atoms with Crippen LogP contribution in [0.3, 0.4) is 0 Å². The van der Waals surface area contributed by atoms with Crippen molar-refractivity contribution in [2.24, 2.45) is 0 Å². The van der Waals surface area contributed by atoms with Gasteiger partial charge >= 0.3 is 0 Å². The zero-order chi connectivity index (χ0) is 26.2. The molecule has 8 nitrogen and oxygen atoms in total. The molecule has 1 aliphatic rings. The number of imidazole rings is 2. The summed E-state index contributed by atoms with van der Waals surface area (Å²) in [6.45, 7) is 4.46. The van der Waals surface area contributed by atoms with Crippen molar-refractivity contribution in [3.8, 4) is 0 Å². The Kier molecular flexibility index (Phi) is 6.56. The number of aromatic nitrogens is 4. The number of halogens is 2. The zero-order valence-corrected chi connectivity index (χ0v) is 21.3. The van der Waals surface area contributed by atoms with E-state index in [2.05, 4.69) is 32.3 Å². The fourth-order valence-electron chi connectivity index (χ4n) is 4.94. The van der Waals surface area contributed by atoms with Gasteiger partial charge in [0.15, 0.2) is 23.8 Å². The molecule has 0 radical (unpaired) electrons. The van der Waals surface area contributed by atoms with Crippen LogP contribution in [0.5, 0.6) is 0 Å². The lowest BCUT2D eigenvalue weighted by atomic mass is 10.0. The van der Waals surface area contributed by atoms with Crippen molar-refractivity contribution in [3.05, 3.63) is 95.5 Å². The molecule has 1 aliphatic heterocycles. The second-order valence-corrected chi connectivity index (χ2v) is 9.79. The number of fused-ring (bicyclic) bond motifs is 2. The Morgan fingerprint density at radius 3 is 2.87 bits per heavy atom. The fraction of sp³-hybridized carbons (Fsp3) is 0.222. The van der Waals surface area contributed by atoms with E-state index in [1.807, 2.05) is 18.2 Å². The van der Waals surface area contributed by atoms with Crippen LogP contribution in [-0.4, -0.2) is 48.8 Å². The zero-order valence-electron chi connectivity index (χ0n) is 20.5. The standard InChI is InChI=1S/C27H24F2N6O2S/c1-17-12-34-14-19(11-22(28)26(34)31-17)32-27(36)21-8-7-20(25-24(21)30-16-35(25)38-29)23-15-33(9-10-37-23)13-18-5-3-2-4-6-18/h2-8,11-12,14,16,23H,9-10,13,15H2,1H3,(H,32,36). The Balaban J connectivity index is 1.30. The number of carbonyl (C=O) groups excluding carboxylic acids is 1. The smallest absolute Gasteiger partial charge is 0.257 e. The van der Waals surface area contributed by atoms with E-state index in [4.69, 9.17) is 4.74 Å².